The minimum atomic E-state index is -0.776. The largest absolute Gasteiger partial charge is 0.481 e. The van der Waals surface area contributed by atoms with Crippen LogP contribution in [-0.2, 0) is 16.1 Å². The minimum Gasteiger partial charge on any atom is -0.481 e. The number of carbonyl (C=O) groups excluding carboxylic acids is 1. The van der Waals surface area contributed by atoms with Crippen molar-refractivity contribution < 1.29 is 14.7 Å². The SMILES string of the molecule is Cc1ccc(CN(C)C(=O)C2CCC(C(=O)O)C2)c(C)c1. The Labute approximate surface area is 125 Å². The standard InChI is InChI=1S/C17H23NO3/c1-11-4-5-15(12(2)8-11)10-18(3)16(19)13-6-7-14(9-13)17(20)21/h4-5,8,13-14H,6-7,9-10H2,1-3H3,(H,20,21). The molecular formula is C17H23NO3. The van der Waals surface area contributed by atoms with Gasteiger partial charge in [0.15, 0.2) is 0 Å². The average molecular weight is 289 g/mol. The molecule has 0 aromatic heterocycles. The maximum Gasteiger partial charge on any atom is 0.306 e. The molecule has 1 aromatic rings. The van der Waals surface area contributed by atoms with Crippen LogP contribution < -0.4 is 0 Å². The third-order valence-corrected chi connectivity index (χ3v) is 4.41. The fourth-order valence-corrected chi connectivity index (χ4v) is 3.10. The second-order valence-electron chi connectivity index (χ2n) is 6.17. The first-order chi connectivity index (χ1) is 9.88. The Kier molecular flexibility index (Phi) is 4.66. The molecule has 1 aromatic carbocycles. The Morgan fingerprint density at radius 1 is 1.24 bits per heavy atom. The molecule has 0 spiro atoms. The fraction of sp³-hybridized carbons (Fsp3) is 0.529. The molecule has 2 unspecified atom stereocenters. The molecule has 114 valence electrons. The maximum absolute atomic E-state index is 12.4. The smallest absolute Gasteiger partial charge is 0.306 e. The Bertz CT molecular complexity index is 553. The van der Waals surface area contributed by atoms with Crippen molar-refractivity contribution in [2.24, 2.45) is 11.8 Å². The van der Waals surface area contributed by atoms with Gasteiger partial charge in [0.25, 0.3) is 0 Å². The van der Waals surface area contributed by atoms with Gasteiger partial charge in [-0.25, -0.2) is 0 Å². The molecule has 0 aliphatic heterocycles. The molecule has 2 rings (SSSR count). The molecule has 0 bridgehead atoms. The summed E-state index contributed by atoms with van der Waals surface area (Å²) in [5.41, 5.74) is 3.54. The molecule has 1 aliphatic carbocycles. The van der Waals surface area contributed by atoms with Crippen LogP contribution in [0, 0.1) is 25.7 Å². The molecule has 1 saturated carbocycles. The molecule has 0 radical (unpaired) electrons. The van der Waals surface area contributed by atoms with Gasteiger partial charge >= 0.3 is 5.97 Å². The summed E-state index contributed by atoms with van der Waals surface area (Å²) in [6, 6.07) is 6.23. The molecule has 0 heterocycles. The van der Waals surface area contributed by atoms with Crippen molar-refractivity contribution in [3.05, 3.63) is 34.9 Å². The second-order valence-corrected chi connectivity index (χ2v) is 6.17. The topological polar surface area (TPSA) is 57.6 Å². The number of aryl methyl sites for hydroxylation is 2. The number of hydrogen-bond donors (Lipinski definition) is 1. The van der Waals surface area contributed by atoms with Crippen molar-refractivity contribution in [2.45, 2.75) is 39.7 Å². The molecule has 1 fully saturated rings. The van der Waals surface area contributed by atoms with Crippen molar-refractivity contribution >= 4 is 11.9 Å². The number of nitrogens with zero attached hydrogens (tertiary/aromatic N) is 1. The van der Waals surface area contributed by atoms with Crippen LogP contribution in [0.4, 0.5) is 0 Å². The number of rotatable bonds is 4. The van der Waals surface area contributed by atoms with Gasteiger partial charge in [-0.1, -0.05) is 23.8 Å². The van der Waals surface area contributed by atoms with Gasteiger partial charge < -0.3 is 10.0 Å². The van der Waals surface area contributed by atoms with E-state index in [1.165, 1.54) is 11.1 Å². The van der Waals surface area contributed by atoms with Crippen LogP contribution in [0.2, 0.25) is 0 Å². The number of benzene rings is 1. The van der Waals surface area contributed by atoms with Crippen LogP contribution in [-0.4, -0.2) is 28.9 Å². The van der Waals surface area contributed by atoms with E-state index in [0.29, 0.717) is 25.8 Å². The van der Waals surface area contributed by atoms with Crippen molar-refractivity contribution in [3.8, 4) is 0 Å². The van der Waals surface area contributed by atoms with Crippen molar-refractivity contribution in [2.75, 3.05) is 7.05 Å². The molecule has 2 atom stereocenters. The van der Waals surface area contributed by atoms with Crippen LogP contribution in [0.3, 0.4) is 0 Å². The number of carboxylic acid groups (broad SMARTS) is 1. The zero-order valence-corrected chi connectivity index (χ0v) is 12.9. The normalized spacial score (nSPS) is 21.3. The summed E-state index contributed by atoms with van der Waals surface area (Å²) < 4.78 is 0. The monoisotopic (exact) mass is 289 g/mol. The molecule has 4 nitrogen and oxygen atoms in total. The zero-order valence-electron chi connectivity index (χ0n) is 12.9. The van der Waals surface area contributed by atoms with Gasteiger partial charge in [0.05, 0.1) is 5.92 Å². The first kappa shape index (κ1) is 15.5. The Hall–Kier alpha value is -1.84. The molecule has 0 saturated heterocycles. The average Bonchev–Trinajstić information content (AvgIpc) is 2.90. The van der Waals surface area contributed by atoms with Crippen LogP contribution in [0.5, 0.6) is 0 Å². The molecule has 1 aliphatic rings. The number of hydrogen-bond acceptors (Lipinski definition) is 2. The first-order valence-corrected chi connectivity index (χ1v) is 7.42. The third kappa shape index (κ3) is 3.63. The van der Waals surface area contributed by atoms with Crippen LogP contribution in [0.15, 0.2) is 18.2 Å². The highest BCUT2D eigenvalue weighted by atomic mass is 16.4. The molecule has 4 heteroatoms. The predicted octanol–water partition coefficient (Wildman–Crippen LogP) is 2.76. The van der Waals surface area contributed by atoms with Gasteiger partial charge in [-0.15, -0.1) is 0 Å². The van der Waals surface area contributed by atoms with Crippen molar-refractivity contribution in [1.29, 1.82) is 0 Å². The zero-order chi connectivity index (χ0) is 15.6. The molecule has 21 heavy (non-hydrogen) atoms. The van der Waals surface area contributed by atoms with Gasteiger partial charge in [-0.05, 0) is 44.2 Å². The lowest BCUT2D eigenvalue weighted by atomic mass is 10.0. The number of aliphatic carboxylic acids is 1. The fourth-order valence-electron chi connectivity index (χ4n) is 3.10. The highest BCUT2D eigenvalue weighted by Gasteiger charge is 2.35. The first-order valence-electron chi connectivity index (χ1n) is 7.42. The lowest BCUT2D eigenvalue weighted by Gasteiger charge is -2.22. The van der Waals surface area contributed by atoms with Gasteiger partial charge in [0, 0.05) is 19.5 Å². The third-order valence-electron chi connectivity index (χ3n) is 4.41. The van der Waals surface area contributed by atoms with Gasteiger partial charge in [0.1, 0.15) is 0 Å². The van der Waals surface area contributed by atoms with Gasteiger partial charge in [-0.2, -0.15) is 0 Å². The summed E-state index contributed by atoms with van der Waals surface area (Å²) in [4.78, 5) is 25.1. The summed E-state index contributed by atoms with van der Waals surface area (Å²) in [6.07, 6.45) is 1.78. The highest BCUT2D eigenvalue weighted by molar-refractivity contribution is 5.80. The quantitative estimate of drug-likeness (QED) is 0.927. The molecular weight excluding hydrogens is 266 g/mol. The van der Waals surface area contributed by atoms with E-state index in [1.54, 1.807) is 11.9 Å². The van der Waals surface area contributed by atoms with Gasteiger partial charge in [-0.3, -0.25) is 9.59 Å². The Morgan fingerprint density at radius 3 is 2.48 bits per heavy atom. The van der Waals surface area contributed by atoms with Crippen molar-refractivity contribution in [3.63, 3.8) is 0 Å². The number of carboxylic acids is 1. The van der Waals surface area contributed by atoms with E-state index >= 15 is 0 Å². The van der Waals surface area contributed by atoms with Crippen LogP contribution in [0.25, 0.3) is 0 Å². The number of carbonyl (C=O) groups is 2. The summed E-state index contributed by atoms with van der Waals surface area (Å²) in [7, 11) is 1.80. The Balaban J connectivity index is 1.98. The summed E-state index contributed by atoms with van der Waals surface area (Å²) in [5, 5.41) is 9.02. The summed E-state index contributed by atoms with van der Waals surface area (Å²) in [6.45, 7) is 4.69. The lowest BCUT2D eigenvalue weighted by molar-refractivity contribution is -0.141. The van der Waals surface area contributed by atoms with Crippen LogP contribution >= 0.6 is 0 Å². The van der Waals surface area contributed by atoms with E-state index in [9.17, 15) is 9.59 Å². The second kappa shape index (κ2) is 6.29. The van der Waals surface area contributed by atoms with E-state index < -0.39 is 5.97 Å². The molecule has 1 N–H and O–H groups in total. The number of amides is 1. The van der Waals surface area contributed by atoms with E-state index in [4.69, 9.17) is 5.11 Å². The Morgan fingerprint density at radius 2 is 1.90 bits per heavy atom. The maximum atomic E-state index is 12.4. The van der Waals surface area contributed by atoms with E-state index in [0.717, 1.165) is 5.56 Å². The predicted molar refractivity (Wildman–Crippen MR) is 80.9 cm³/mol. The van der Waals surface area contributed by atoms with Crippen LogP contribution in [0.1, 0.15) is 36.0 Å². The van der Waals surface area contributed by atoms with E-state index in [2.05, 4.69) is 32.0 Å². The van der Waals surface area contributed by atoms with Crippen molar-refractivity contribution in [1.82, 2.24) is 4.90 Å². The minimum absolute atomic E-state index is 0.0683. The van der Waals surface area contributed by atoms with E-state index in [-0.39, 0.29) is 17.7 Å². The van der Waals surface area contributed by atoms with Gasteiger partial charge in [0.2, 0.25) is 5.91 Å². The lowest BCUT2D eigenvalue weighted by Crippen LogP contribution is -2.32. The highest BCUT2D eigenvalue weighted by Crippen LogP contribution is 2.32. The summed E-state index contributed by atoms with van der Waals surface area (Å²) >= 11 is 0. The van der Waals surface area contributed by atoms with E-state index in [1.807, 2.05) is 0 Å². The molecule has 1 amide bonds. The summed E-state index contributed by atoms with van der Waals surface area (Å²) in [5.74, 6) is -1.20.